The fourth-order valence-corrected chi connectivity index (χ4v) is 6.43. The van der Waals surface area contributed by atoms with E-state index in [9.17, 15) is 5.11 Å². The fourth-order valence-electron chi connectivity index (χ4n) is 5.10. The van der Waals surface area contributed by atoms with Crippen LogP contribution in [0, 0.1) is 0 Å². The minimum Gasteiger partial charge on any atom is -0.374 e. The summed E-state index contributed by atoms with van der Waals surface area (Å²) in [7, 11) is 0. The maximum atomic E-state index is 10.7. The Morgan fingerprint density at radius 3 is 1.61 bits per heavy atom. The quantitative estimate of drug-likeness (QED) is 0.139. The van der Waals surface area contributed by atoms with Crippen LogP contribution in [-0.4, -0.2) is 14.8 Å². The number of thioether (sulfide) groups is 1. The van der Waals surface area contributed by atoms with Gasteiger partial charge in [-0.15, -0.1) is 11.8 Å². The van der Waals surface area contributed by atoms with Crippen LogP contribution in [0.3, 0.4) is 0 Å². The summed E-state index contributed by atoms with van der Waals surface area (Å²) in [6.45, 7) is 4.56. The molecule has 2 rings (SSSR count). The van der Waals surface area contributed by atoms with Crippen LogP contribution in [0.2, 0.25) is 0 Å². The van der Waals surface area contributed by atoms with E-state index < -0.39 is 4.93 Å². The van der Waals surface area contributed by atoms with Crippen LogP contribution in [0.1, 0.15) is 149 Å². The second-order valence-electron chi connectivity index (χ2n) is 10.3. The van der Waals surface area contributed by atoms with E-state index in [-0.39, 0.29) is 4.75 Å². The number of allylic oxidation sites excluding steroid dienone is 2. The van der Waals surface area contributed by atoms with Crippen LogP contribution in [0.25, 0.3) is 0 Å². The second kappa shape index (κ2) is 15.6. The third kappa shape index (κ3) is 10.1. The number of hydrogen-bond donors (Lipinski definition) is 1. The van der Waals surface area contributed by atoms with Crippen LogP contribution in [0.15, 0.2) is 23.8 Å². The zero-order chi connectivity index (χ0) is 22.3. The lowest BCUT2D eigenvalue weighted by atomic mass is 9.87. The van der Waals surface area contributed by atoms with Gasteiger partial charge in [-0.25, -0.2) is 0 Å². The van der Waals surface area contributed by atoms with E-state index in [0.717, 1.165) is 6.42 Å². The molecule has 0 aromatic carbocycles. The Labute approximate surface area is 198 Å². The van der Waals surface area contributed by atoms with Crippen LogP contribution in [0.5, 0.6) is 0 Å². The Balaban J connectivity index is 1.40. The van der Waals surface area contributed by atoms with Crippen molar-refractivity contribution in [3.63, 3.8) is 0 Å². The Kier molecular flexibility index (Phi) is 13.6. The molecule has 1 fully saturated rings. The minimum absolute atomic E-state index is 0.0132. The summed E-state index contributed by atoms with van der Waals surface area (Å²) in [6, 6.07) is 0. The Bertz CT molecular complexity index is 525. The van der Waals surface area contributed by atoms with Crippen molar-refractivity contribution in [2.45, 2.75) is 158 Å². The van der Waals surface area contributed by atoms with Gasteiger partial charge in [-0.2, -0.15) is 0 Å². The third-order valence-electron chi connectivity index (χ3n) is 7.31. The summed E-state index contributed by atoms with van der Waals surface area (Å²) >= 11 is 1.77. The van der Waals surface area contributed by atoms with Crippen molar-refractivity contribution in [2.75, 3.05) is 0 Å². The summed E-state index contributed by atoms with van der Waals surface area (Å²) in [6.07, 6.45) is 35.5. The van der Waals surface area contributed by atoms with E-state index in [1.54, 1.807) is 11.8 Å². The standard InChI is InChI=1S/C29H52OS/c1-3-5-7-8-9-10-11-12-13-14-15-16-17-18-19-21-24-28-26-27(22-20-6-4-2)23-25-29(28,30)31-28/h23,25-26,30H,3-22,24H2,1-2H3. The molecule has 1 heterocycles. The van der Waals surface area contributed by atoms with Crippen molar-refractivity contribution in [3.05, 3.63) is 23.8 Å². The molecule has 0 bridgehead atoms. The summed E-state index contributed by atoms with van der Waals surface area (Å²) in [5, 5.41) is 10.7. The monoisotopic (exact) mass is 448 g/mol. The SMILES string of the molecule is CCCCCCCCCCCCCCCCCCC12C=C(CCCCC)C=CC1(O)S2. The number of unbranched alkanes of at least 4 members (excludes halogenated alkanes) is 17. The van der Waals surface area contributed by atoms with Crippen LogP contribution < -0.4 is 0 Å². The van der Waals surface area contributed by atoms with Crippen LogP contribution >= 0.6 is 11.8 Å². The largest absolute Gasteiger partial charge is 0.374 e. The summed E-state index contributed by atoms with van der Waals surface area (Å²) in [4.78, 5) is -0.587. The summed E-state index contributed by atoms with van der Waals surface area (Å²) in [5.74, 6) is 0. The van der Waals surface area contributed by atoms with Crippen molar-refractivity contribution < 1.29 is 5.11 Å². The van der Waals surface area contributed by atoms with E-state index in [1.165, 1.54) is 134 Å². The molecule has 2 heteroatoms. The maximum Gasteiger partial charge on any atom is 0.148 e. The van der Waals surface area contributed by atoms with Gasteiger partial charge in [-0.1, -0.05) is 147 Å². The highest BCUT2D eigenvalue weighted by atomic mass is 32.2. The Morgan fingerprint density at radius 1 is 0.645 bits per heavy atom. The molecule has 1 N–H and O–H groups in total. The molecular weight excluding hydrogens is 396 g/mol. The average molecular weight is 449 g/mol. The Hall–Kier alpha value is -0.210. The summed E-state index contributed by atoms with van der Waals surface area (Å²) < 4.78 is 0.0132. The van der Waals surface area contributed by atoms with Gasteiger partial charge in [0.2, 0.25) is 0 Å². The lowest BCUT2D eigenvalue weighted by molar-refractivity contribution is 0.193. The number of rotatable bonds is 21. The molecule has 1 saturated heterocycles. The normalized spacial score (nSPS) is 24.3. The number of hydrogen-bond acceptors (Lipinski definition) is 2. The highest BCUT2D eigenvalue weighted by Gasteiger charge is 2.66. The first-order valence-corrected chi connectivity index (χ1v) is 14.8. The van der Waals surface area contributed by atoms with Gasteiger partial charge in [0.15, 0.2) is 0 Å². The molecule has 1 aliphatic heterocycles. The zero-order valence-corrected chi connectivity index (χ0v) is 21.8. The van der Waals surface area contributed by atoms with E-state index in [0.29, 0.717) is 0 Å². The zero-order valence-electron chi connectivity index (χ0n) is 20.9. The number of aliphatic hydroxyl groups is 1. The molecule has 2 unspecified atom stereocenters. The molecule has 2 atom stereocenters. The number of fused-ring (bicyclic) bond motifs is 1. The lowest BCUT2D eigenvalue weighted by Gasteiger charge is -2.19. The highest BCUT2D eigenvalue weighted by Crippen LogP contribution is 2.68. The second-order valence-corrected chi connectivity index (χ2v) is 11.8. The van der Waals surface area contributed by atoms with E-state index in [2.05, 4.69) is 32.1 Å². The predicted octanol–water partition coefficient (Wildman–Crippen LogP) is 9.89. The van der Waals surface area contributed by atoms with Gasteiger partial charge in [-0.05, 0) is 25.3 Å². The topological polar surface area (TPSA) is 20.2 Å². The highest BCUT2D eigenvalue weighted by molar-refractivity contribution is 8.09. The van der Waals surface area contributed by atoms with Crippen molar-refractivity contribution in [1.29, 1.82) is 0 Å². The molecule has 1 aliphatic carbocycles. The van der Waals surface area contributed by atoms with Crippen molar-refractivity contribution in [1.82, 2.24) is 0 Å². The minimum atomic E-state index is -0.587. The molecular formula is C29H52OS. The summed E-state index contributed by atoms with van der Waals surface area (Å²) in [5.41, 5.74) is 1.46. The van der Waals surface area contributed by atoms with E-state index >= 15 is 0 Å². The van der Waals surface area contributed by atoms with Crippen LogP contribution in [-0.2, 0) is 0 Å². The molecule has 0 aromatic heterocycles. The molecule has 0 radical (unpaired) electrons. The fraction of sp³-hybridized carbons (Fsp3) is 0.862. The van der Waals surface area contributed by atoms with E-state index in [1.807, 2.05) is 0 Å². The van der Waals surface area contributed by atoms with Gasteiger partial charge < -0.3 is 5.11 Å². The van der Waals surface area contributed by atoms with Gasteiger partial charge in [-0.3, -0.25) is 0 Å². The van der Waals surface area contributed by atoms with Gasteiger partial charge in [0, 0.05) is 0 Å². The average Bonchev–Trinajstić information content (AvgIpc) is 3.38. The molecule has 0 amide bonds. The molecule has 31 heavy (non-hydrogen) atoms. The van der Waals surface area contributed by atoms with E-state index in [4.69, 9.17) is 0 Å². The lowest BCUT2D eigenvalue weighted by Crippen LogP contribution is -2.24. The van der Waals surface area contributed by atoms with Gasteiger partial charge in [0.1, 0.15) is 4.93 Å². The Morgan fingerprint density at radius 2 is 1.10 bits per heavy atom. The smallest absolute Gasteiger partial charge is 0.148 e. The predicted molar refractivity (Wildman–Crippen MR) is 141 cm³/mol. The first-order valence-electron chi connectivity index (χ1n) is 14.0. The maximum absolute atomic E-state index is 10.7. The molecule has 0 spiro atoms. The van der Waals surface area contributed by atoms with Crippen molar-refractivity contribution >= 4 is 11.8 Å². The first-order chi connectivity index (χ1) is 15.2. The first kappa shape index (κ1) is 27.0. The molecule has 1 nitrogen and oxygen atoms in total. The third-order valence-corrected chi connectivity index (χ3v) is 8.92. The van der Waals surface area contributed by atoms with Crippen molar-refractivity contribution in [3.8, 4) is 0 Å². The van der Waals surface area contributed by atoms with Gasteiger partial charge in [0.25, 0.3) is 0 Å². The molecule has 2 aliphatic rings. The van der Waals surface area contributed by atoms with Gasteiger partial charge >= 0.3 is 0 Å². The van der Waals surface area contributed by atoms with Gasteiger partial charge in [0.05, 0.1) is 4.75 Å². The molecule has 180 valence electrons. The molecule has 0 aromatic rings. The van der Waals surface area contributed by atoms with Crippen LogP contribution in [0.4, 0.5) is 0 Å². The molecule has 0 saturated carbocycles. The van der Waals surface area contributed by atoms with Crippen molar-refractivity contribution in [2.24, 2.45) is 0 Å².